The van der Waals surface area contributed by atoms with Crippen LogP contribution in [-0.4, -0.2) is 26.4 Å². The number of hydrogen-bond donors (Lipinski definition) is 1. The highest BCUT2D eigenvalue weighted by atomic mass is 32.2. The van der Waals surface area contributed by atoms with Crippen molar-refractivity contribution in [2.75, 3.05) is 11.1 Å². The molecule has 0 fully saturated rings. The highest BCUT2D eigenvalue weighted by Crippen LogP contribution is 2.44. The summed E-state index contributed by atoms with van der Waals surface area (Å²) in [6.07, 6.45) is 1.62. The zero-order valence-electron chi connectivity index (χ0n) is 13.7. The first-order chi connectivity index (χ1) is 12.6. The van der Waals surface area contributed by atoms with Crippen molar-refractivity contribution in [1.29, 1.82) is 0 Å². The SMILES string of the molecule is Cc1nn(-c2ccccn2)c2c1[C@H](c1cccc(F)c1F)SCC(=O)N2. The standard InChI is InChI=1S/C18H14F2N4OS/c1-10-15-17(11-5-4-6-12(19)16(11)20)26-9-14(25)22-18(15)24(23-10)13-7-2-3-8-21-13/h2-8,17H,9H2,1H3,(H,22,25)/t17-/m0/s1. The first kappa shape index (κ1) is 16.7. The highest BCUT2D eigenvalue weighted by Gasteiger charge is 2.32. The average molecular weight is 372 g/mol. The molecule has 0 saturated carbocycles. The third kappa shape index (κ3) is 2.76. The van der Waals surface area contributed by atoms with Gasteiger partial charge in [-0.15, -0.1) is 11.8 Å². The molecule has 5 nitrogen and oxygen atoms in total. The van der Waals surface area contributed by atoms with Gasteiger partial charge in [-0.3, -0.25) is 4.79 Å². The van der Waals surface area contributed by atoms with Crippen molar-refractivity contribution in [2.24, 2.45) is 0 Å². The van der Waals surface area contributed by atoms with Gasteiger partial charge < -0.3 is 5.32 Å². The molecule has 1 N–H and O–H groups in total. The molecule has 2 aromatic heterocycles. The molecule has 4 rings (SSSR count). The summed E-state index contributed by atoms with van der Waals surface area (Å²) < 4.78 is 29.7. The Hall–Kier alpha value is -2.74. The molecule has 26 heavy (non-hydrogen) atoms. The summed E-state index contributed by atoms with van der Waals surface area (Å²) >= 11 is 1.24. The Morgan fingerprint density at radius 3 is 2.85 bits per heavy atom. The van der Waals surface area contributed by atoms with Gasteiger partial charge in [-0.05, 0) is 25.1 Å². The minimum atomic E-state index is -0.914. The van der Waals surface area contributed by atoms with Crippen LogP contribution in [0, 0.1) is 18.6 Å². The zero-order valence-corrected chi connectivity index (χ0v) is 14.6. The normalized spacial score (nSPS) is 16.7. The number of rotatable bonds is 2. The summed E-state index contributed by atoms with van der Waals surface area (Å²) in [4.78, 5) is 16.5. The molecule has 1 aliphatic heterocycles. The van der Waals surface area contributed by atoms with Crippen LogP contribution in [0.15, 0.2) is 42.6 Å². The molecule has 0 bridgehead atoms. The largest absolute Gasteiger partial charge is 0.310 e. The summed E-state index contributed by atoms with van der Waals surface area (Å²) in [5.41, 5.74) is 1.46. The second-order valence-electron chi connectivity index (χ2n) is 5.83. The fraction of sp³-hybridized carbons (Fsp3) is 0.167. The fourth-order valence-electron chi connectivity index (χ4n) is 3.00. The maximum absolute atomic E-state index is 14.4. The van der Waals surface area contributed by atoms with Gasteiger partial charge in [-0.25, -0.2) is 13.8 Å². The molecule has 0 spiro atoms. The molecule has 0 aliphatic carbocycles. The van der Waals surface area contributed by atoms with Crippen molar-refractivity contribution >= 4 is 23.5 Å². The van der Waals surface area contributed by atoms with Crippen LogP contribution in [0.4, 0.5) is 14.6 Å². The first-order valence-electron chi connectivity index (χ1n) is 7.92. The fourth-order valence-corrected chi connectivity index (χ4v) is 4.20. The predicted molar refractivity (Wildman–Crippen MR) is 95.4 cm³/mol. The Morgan fingerprint density at radius 1 is 1.23 bits per heavy atom. The number of fused-ring (bicyclic) bond motifs is 1. The lowest BCUT2D eigenvalue weighted by Crippen LogP contribution is -2.16. The number of nitrogens with one attached hydrogen (secondary N) is 1. The lowest BCUT2D eigenvalue weighted by atomic mass is 10.0. The summed E-state index contributed by atoms with van der Waals surface area (Å²) in [7, 11) is 0. The molecule has 1 amide bonds. The van der Waals surface area contributed by atoms with Gasteiger partial charge in [0.25, 0.3) is 0 Å². The maximum Gasteiger partial charge on any atom is 0.235 e. The second-order valence-corrected chi connectivity index (χ2v) is 6.92. The topological polar surface area (TPSA) is 59.8 Å². The van der Waals surface area contributed by atoms with E-state index in [0.717, 1.165) is 6.07 Å². The molecule has 0 unspecified atom stereocenters. The van der Waals surface area contributed by atoms with Gasteiger partial charge in [0.15, 0.2) is 17.5 Å². The van der Waals surface area contributed by atoms with Crippen molar-refractivity contribution in [2.45, 2.75) is 12.2 Å². The molecular weight excluding hydrogens is 358 g/mol. The van der Waals surface area contributed by atoms with Gasteiger partial charge in [0, 0.05) is 17.3 Å². The van der Waals surface area contributed by atoms with E-state index in [-0.39, 0.29) is 17.2 Å². The number of aromatic nitrogens is 3. The summed E-state index contributed by atoms with van der Waals surface area (Å²) in [6, 6.07) is 9.42. The molecular formula is C18H14F2N4OS. The second kappa shape index (κ2) is 6.53. The lowest BCUT2D eigenvalue weighted by molar-refractivity contribution is -0.113. The van der Waals surface area contributed by atoms with E-state index >= 15 is 0 Å². The monoisotopic (exact) mass is 372 g/mol. The van der Waals surface area contributed by atoms with E-state index in [0.29, 0.717) is 22.9 Å². The summed E-state index contributed by atoms with van der Waals surface area (Å²) in [5.74, 6) is -0.963. The van der Waals surface area contributed by atoms with Gasteiger partial charge in [0.1, 0.15) is 5.82 Å². The molecule has 1 aliphatic rings. The van der Waals surface area contributed by atoms with Crippen LogP contribution in [0.2, 0.25) is 0 Å². The van der Waals surface area contributed by atoms with Gasteiger partial charge >= 0.3 is 0 Å². The van der Waals surface area contributed by atoms with Gasteiger partial charge in [-0.1, -0.05) is 18.2 Å². The molecule has 3 heterocycles. The van der Waals surface area contributed by atoms with Gasteiger partial charge in [-0.2, -0.15) is 9.78 Å². The lowest BCUT2D eigenvalue weighted by Gasteiger charge is -2.16. The van der Waals surface area contributed by atoms with Crippen LogP contribution in [0.25, 0.3) is 5.82 Å². The van der Waals surface area contributed by atoms with Crippen molar-refractivity contribution in [3.05, 3.63) is 71.1 Å². The van der Waals surface area contributed by atoms with Crippen molar-refractivity contribution in [3.63, 3.8) is 0 Å². The molecule has 3 aromatic rings. The Balaban J connectivity index is 1.93. The number of amides is 1. The minimum Gasteiger partial charge on any atom is -0.310 e. The number of thioether (sulfide) groups is 1. The number of nitrogens with zero attached hydrogens (tertiary/aromatic N) is 3. The van der Waals surface area contributed by atoms with E-state index in [1.54, 1.807) is 25.3 Å². The van der Waals surface area contributed by atoms with E-state index < -0.39 is 16.9 Å². The van der Waals surface area contributed by atoms with Crippen LogP contribution in [-0.2, 0) is 4.79 Å². The third-order valence-corrected chi connectivity index (χ3v) is 5.39. The van der Waals surface area contributed by atoms with E-state index in [1.165, 1.54) is 28.6 Å². The minimum absolute atomic E-state index is 0.122. The number of hydrogen-bond acceptors (Lipinski definition) is 4. The smallest absolute Gasteiger partial charge is 0.235 e. The molecule has 8 heteroatoms. The van der Waals surface area contributed by atoms with Gasteiger partial charge in [0.2, 0.25) is 5.91 Å². The number of halogens is 2. The number of carbonyl (C=O) groups excluding carboxylic acids is 1. The van der Waals surface area contributed by atoms with Crippen molar-refractivity contribution < 1.29 is 13.6 Å². The highest BCUT2D eigenvalue weighted by molar-refractivity contribution is 8.00. The first-order valence-corrected chi connectivity index (χ1v) is 8.97. The summed E-state index contributed by atoms with van der Waals surface area (Å²) in [5, 5.41) is 6.75. The van der Waals surface area contributed by atoms with Gasteiger partial charge in [0.05, 0.1) is 16.7 Å². The molecule has 0 radical (unpaired) electrons. The number of aryl methyl sites for hydroxylation is 1. The molecule has 0 saturated heterocycles. The average Bonchev–Trinajstić information content (AvgIpc) is 2.85. The van der Waals surface area contributed by atoms with Crippen LogP contribution in [0.5, 0.6) is 0 Å². The van der Waals surface area contributed by atoms with Crippen LogP contribution >= 0.6 is 11.8 Å². The summed E-state index contributed by atoms with van der Waals surface area (Å²) in [6.45, 7) is 1.78. The van der Waals surface area contributed by atoms with Crippen LogP contribution in [0.3, 0.4) is 0 Å². The van der Waals surface area contributed by atoms with Crippen LogP contribution < -0.4 is 5.32 Å². The zero-order chi connectivity index (χ0) is 18.3. The Bertz CT molecular complexity index is 990. The van der Waals surface area contributed by atoms with Crippen molar-refractivity contribution in [3.8, 4) is 5.82 Å². The van der Waals surface area contributed by atoms with Crippen molar-refractivity contribution in [1.82, 2.24) is 14.8 Å². The molecule has 1 aromatic carbocycles. The van der Waals surface area contributed by atoms with E-state index in [1.807, 2.05) is 6.07 Å². The molecule has 1 atom stereocenters. The number of benzene rings is 1. The predicted octanol–water partition coefficient (Wildman–Crippen LogP) is 3.63. The maximum atomic E-state index is 14.4. The quantitative estimate of drug-likeness (QED) is 0.746. The van der Waals surface area contributed by atoms with E-state index in [2.05, 4.69) is 15.4 Å². The number of anilines is 1. The van der Waals surface area contributed by atoms with E-state index in [9.17, 15) is 13.6 Å². The Kier molecular flexibility index (Phi) is 4.20. The van der Waals surface area contributed by atoms with Crippen LogP contribution in [0.1, 0.15) is 22.1 Å². The third-order valence-electron chi connectivity index (χ3n) is 4.14. The Morgan fingerprint density at radius 2 is 2.08 bits per heavy atom. The Labute approximate surface area is 152 Å². The number of pyridine rings is 1. The molecule has 132 valence electrons. The van der Waals surface area contributed by atoms with E-state index in [4.69, 9.17) is 0 Å². The number of carbonyl (C=O) groups is 1.